The second-order valence-corrected chi connectivity index (χ2v) is 6.12. The number of carboxylic acids is 1. The Morgan fingerprint density at radius 3 is 2.48 bits per heavy atom. The Morgan fingerprint density at radius 2 is 1.78 bits per heavy atom. The van der Waals surface area contributed by atoms with Crippen LogP contribution in [0.4, 0.5) is 0 Å². The number of hydrogen-bond acceptors (Lipinski definition) is 2. The first-order valence-electron chi connectivity index (χ1n) is 9.11. The van der Waals surface area contributed by atoms with Gasteiger partial charge in [-0.2, -0.15) is 0 Å². The van der Waals surface area contributed by atoms with Gasteiger partial charge in [0.05, 0.1) is 0 Å². The first-order valence-corrected chi connectivity index (χ1v) is 9.11. The average molecular weight is 323 g/mol. The van der Waals surface area contributed by atoms with Crippen LogP contribution in [0.5, 0.6) is 0 Å². The molecule has 23 heavy (non-hydrogen) atoms. The number of carbonyl (C=O) groups is 1. The van der Waals surface area contributed by atoms with E-state index in [-0.39, 0.29) is 6.04 Å². The number of hydrogen-bond donors (Lipinski definition) is 1. The van der Waals surface area contributed by atoms with Crippen molar-refractivity contribution in [3.63, 3.8) is 0 Å². The fraction of sp³-hybridized carbons (Fsp3) is 0.833. The van der Waals surface area contributed by atoms with Crippen LogP contribution in [0.25, 0.3) is 10.4 Å². The molecule has 0 fully saturated rings. The maximum atomic E-state index is 10.4. The smallest absolute Gasteiger partial charge is 0.303 e. The van der Waals surface area contributed by atoms with Crippen LogP contribution in [0.3, 0.4) is 0 Å². The quantitative estimate of drug-likeness (QED) is 0.117. The maximum Gasteiger partial charge on any atom is 0.303 e. The highest BCUT2D eigenvalue weighted by Crippen LogP contribution is 2.13. The summed E-state index contributed by atoms with van der Waals surface area (Å²) in [6.45, 7) is 2.19. The van der Waals surface area contributed by atoms with Gasteiger partial charge >= 0.3 is 5.97 Å². The molecule has 132 valence electrons. The molecule has 0 spiro atoms. The molecule has 5 heteroatoms. The van der Waals surface area contributed by atoms with Crippen molar-refractivity contribution in [3.8, 4) is 0 Å². The van der Waals surface area contributed by atoms with Crippen LogP contribution in [-0.2, 0) is 4.79 Å². The van der Waals surface area contributed by atoms with Crippen LogP contribution >= 0.6 is 0 Å². The summed E-state index contributed by atoms with van der Waals surface area (Å²) < 4.78 is 0. The normalized spacial score (nSPS) is 12.2. The Labute approximate surface area is 140 Å². The van der Waals surface area contributed by atoms with Crippen molar-refractivity contribution in [2.45, 2.75) is 96.4 Å². The highest BCUT2D eigenvalue weighted by atomic mass is 16.4. The molecule has 0 saturated carbocycles. The molecule has 0 aromatic heterocycles. The van der Waals surface area contributed by atoms with Gasteiger partial charge in [-0.15, -0.1) is 0 Å². The van der Waals surface area contributed by atoms with Gasteiger partial charge in [-0.1, -0.05) is 69.1 Å². The predicted octanol–water partition coefficient (Wildman–Crippen LogP) is 6.40. The zero-order valence-corrected chi connectivity index (χ0v) is 14.6. The summed E-state index contributed by atoms with van der Waals surface area (Å²) in [6.07, 6.45) is 17.5. The lowest BCUT2D eigenvalue weighted by molar-refractivity contribution is -0.137. The average Bonchev–Trinajstić information content (AvgIpc) is 2.52. The molecule has 5 nitrogen and oxygen atoms in total. The Kier molecular flexibility index (Phi) is 15.8. The van der Waals surface area contributed by atoms with Crippen molar-refractivity contribution in [2.24, 2.45) is 5.11 Å². The van der Waals surface area contributed by atoms with E-state index in [1.165, 1.54) is 19.3 Å². The van der Waals surface area contributed by atoms with Gasteiger partial charge in [-0.3, -0.25) is 4.79 Å². The van der Waals surface area contributed by atoms with Gasteiger partial charge in [0.1, 0.15) is 0 Å². The Morgan fingerprint density at radius 1 is 1.09 bits per heavy atom. The van der Waals surface area contributed by atoms with Gasteiger partial charge in [-0.25, -0.2) is 0 Å². The summed E-state index contributed by atoms with van der Waals surface area (Å²) >= 11 is 0. The third-order valence-electron chi connectivity index (χ3n) is 3.94. The standard InChI is InChI=1S/C18H33N3O2/c1-2-3-4-11-14-17(20-21-19)15-12-9-7-5-6-8-10-13-16-18(22)23/h9,12,17H,2-8,10-11,13-16H2,1H3,(H,22,23). The van der Waals surface area contributed by atoms with E-state index in [0.717, 1.165) is 57.8 Å². The Hall–Kier alpha value is -1.48. The van der Waals surface area contributed by atoms with Crippen LogP contribution in [0.1, 0.15) is 90.4 Å². The molecular formula is C18H33N3O2. The van der Waals surface area contributed by atoms with Crippen molar-refractivity contribution >= 4 is 5.97 Å². The van der Waals surface area contributed by atoms with Crippen molar-refractivity contribution in [1.29, 1.82) is 0 Å². The minimum atomic E-state index is -0.697. The van der Waals surface area contributed by atoms with E-state index in [2.05, 4.69) is 29.1 Å². The number of rotatable bonds is 16. The lowest BCUT2D eigenvalue weighted by atomic mass is 10.0. The molecule has 0 aromatic carbocycles. The number of azide groups is 1. The van der Waals surface area contributed by atoms with E-state index in [9.17, 15) is 4.79 Å². The zero-order valence-electron chi connectivity index (χ0n) is 14.6. The lowest BCUT2D eigenvalue weighted by Crippen LogP contribution is -2.01. The molecule has 0 aliphatic carbocycles. The van der Waals surface area contributed by atoms with Gasteiger partial charge in [0.2, 0.25) is 0 Å². The van der Waals surface area contributed by atoms with Crippen molar-refractivity contribution < 1.29 is 9.90 Å². The largest absolute Gasteiger partial charge is 0.481 e. The summed E-state index contributed by atoms with van der Waals surface area (Å²) in [5, 5.41) is 12.4. The first-order chi connectivity index (χ1) is 11.2. The van der Waals surface area contributed by atoms with Crippen molar-refractivity contribution in [1.82, 2.24) is 0 Å². The monoisotopic (exact) mass is 323 g/mol. The van der Waals surface area contributed by atoms with E-state index in [1.54, 1.807) is 0 Å². The fourth-order valence-electron chi connectivity index (χ4n) is 2.54. The predicted molar refractivity (Wildman–Crippen MR) is 95.4 cm³/mol. The van der Waals surface area contributed by atoms with E-state index < -0.39 is 5.97 Å². The number of carboxylic acid groups (broad SMARTS) is 1. The van der Waals surface area contributed by atoms with Crippen LogP contribution < -0.4 is 0 Å². The summed E-state index contributed by atoms with van der Waals surface area (Å²) in [7, 11) is 0. The summed E-state index contributed by atoms with van der Waals surface area (Å²) in [6, 6.07) is 0.101. The van der Waals surface area contributed by atoms with Crippen LogP contribution in [0.2, 0.25) is 0 Å². The highest BCUT2D eigenvalue weighted by molar-refractivity contribution is 5.66. The highest BCUT2D eigenvalue weighted by Gasteiger charge is 2.03. The molecule has 1 atom stereocenters. The molecule has 0 aliphatic rings. The molecule has 0 heterocycles. The van der Waals surface area contributed by atoms with E-state index in [1.807, 2.05) is 0 Å². The SMILES string of the molecule is CCCCCCC(CC=CCCCCCCCC(=O)O)N=[N+]=[N-]. The molecule has 0 aliphatic heterocycles. The van der Waals surface area contributed by atoms with Crippen molar-refractivity contribution in [2.75, 3.05) is 0 Å². The van der Waals surface area contributed by atoms with Crippen molar-refractivity contribution in [3.05, 3.63) is 22.6 Å². The second-order valence-electron chi connectivity index (χ2n) is 6.12. The summed E-state index contributed by atoms with van der Waals surface area (Å²) in [4.78, 5) is 13.3. The zero-order chi connectivity index (χ0) is 17.2. The van der Waals surface area contributed by atoms with Crippen LogP contribution in [0.15, 0.2) is 17.3 Å². The molecular weight excluding hydrogens is 290 g/mol. The molecule has 0 radical (unpaired) electrons. The molecule has 1 unspecified atom stereocenters. The van der Waals surface area contributed by atoms with Crippen LogP contribution in [0, 0.1) is 0 Å². The topological polar surface area (TPSA) is 86.1 Å². The van der Waals surface area contributed by atoms with Gasteiger partial charge in [0, 0.05) is 17.4 Å². The van der Waals surface area contributed by atoms with Gasteiger partial charge < -0.3 is 5.11 Å². The minimum absolute atomic E-state index is 0.101. The minimum Gasteiger partial charge on any atom is -0.481 e. The van der Waals surface area contributed by atoms with Gasteiger partial charge in [0.15, 0.2) is 0 Å². The lowest BCUT2D eigenvalue weighted by Gasteiger charge is -2.07. The molecule has 1 N–H and O–H groups in total. The number of aliphatic carboxylic acids is 1. The molecule has 0 saturated heterocycles. The van der Waals surface area contributed by atoms with E-state index in [0.29, 0.717) is 6.42 Å². The van der Waals surface area contributed by atoms with Gasteiger partial charge in [-0.05, 0) is 37.6 Å². The molecule has 0 aromatic rings. The molecule has 0 rings (SSSR count). The number of allylic oxidation sites excluding steroid dienone is 1. The summed E-state index contributed by atoms with van der Waals surface area (Å²) in [5.74, 6) is -0.697. The summed E-state index contributed by atoms with van der Waals surface area (Å²) in [5.41, 5.74) is 8.61. The Balaban J connectivity index is 3.59. The fourth-order valence-corrected chi connectivity index (χ4v) is 2.54. The van der Waals surface area contributed by atoms with E-state index in [4.69, 9.17) is 10.6 Å². The molecule has 0 bridgehead atoms. The number of unbranched alkanes of at least 4 members (excludes halogenated alkanes) is 8. The third kappa shape index (κ3) is 16.7. The Bertz CT molecular complexity index is 363. The van der Waals surface area contributed by atoms with Crippen LogP contribution in [-0.4, -0.2) is 17.1 Å². The van der Waals surface area contributed by atoms with Gasteiger partial charge in [0.25, 0.3) is 0 Å². The number of nitrogens with zero attached hydrogens (tertiary/aromatic N) is 3. The second kappa shape index (κ2) is 16.9. The third-order valence-corrected chi connectivity index (χ3v) is 3.94. The maximum absolute atomic E-state index is 10.4. The first kappa shape index (κ1) is 21.5. The molecule has 0 amide bonds. The van der Waals surface area contributed by atoms with E-state index >= 15 is 0 Å².